The predicted molar refractivity (Wildman–Crippen MR) is 135 cm³/mol. The van der Waals surface area contributed by atoms with Gasteiger partial charge in [0.2, 0.25) is 20.0 Å². The zero-order valence-electron chi connectivity index (χ0n) is 20.6. The van der Waals surface area contributed by atoms with E-state index in [9.17, 15) is 21.6 Å². The SMILES string of the molecule is CCN(CC)S(=O)(=O)c1cc(C(=O)Nc2ccc(OC)c(S(=O)(=O)N3CCCCC3)c2)ccc1C. The summed E-state index contributed by atoms with van der Waals surface area (Å²) in [5.74, 6) is -0.357. The van der Waals surface area contributed by atoms with Crippen LogP contribution in [-0.2, 0) is 20.0 Å². The van der Waals surface area contributed by atoms with Gasteiger partial charge >= 0.3 is 0 Å². The number of anilines is 1. The fraction of sp³-hybridized carbons (Fsp3) is 0.458. The van der Waals surface area contributed by atoms with Crippen LogP contribution in [0, 0.1) is 6.92 Å². The maximum Gasteiger partial charge on any atom is 0.255 e. The molecule has 0 aromatic heterocycles. The number of hydrogen-bond acceptors (Lipinski definition) is 6. The number of hydrogen-bond donors (Lipinski definition) is 1. The molecular formula is C24H33N3O6S2. The molecule has 1 saturated heterocycles. The number of piperidine rings is 1. The lowest BCUT2D eigenvalue weighted by molar-refractivity contribution is 0.102. The topological polar surface area (TPSA) is 113 Å². The van der Waals surface area contributed by atoms with Crippen molar-refractivity contribution < 1.29 is 26.4 Å². The Hall–Kier alpha value is -2.47. The van der Waals surface area contributed by atoms with E-state index in [-0.39, 0.29) is 26.8 Å². The molecule has 2 aromatic rings. The number of carbonyl (C=O) groups is 1. The minimum atomic E-state index is -3.80. The van der Waals surface area contributed by atoms with E-state index in [4.69, 9.17) is 4.74 Å². The Balaban J connectivity index is 1.93. The van der Waals surface area contributed by atoms with Gasteiger partial charge in [0.05, 0.1) is 12.0 Å². The second-order valence-electron chi connectivity index (χ2n) is 8.35. The van der Waals surface area contributed by atoms with Gasteiger partial charge in [-0.2, -0.15) is 8.61 Å². The van der Waals surface area contributed by atoms with Gasteiger partial charge < -0.3 is 10.1 Å². The molecule has 1 amide bonds. The number of nitrogens with one attached hydrogen (secondary N) is 1. The quantitative estimate of drug-likeness (QED) is 0.539. The Bertz CT molecular complexity index is 1280. The van der Waals surface area contributed by atoms with Gasteiger partial charge in [-0.05, 0) is 55.7 Å². The van der Waals surface area contributed by atoms with Gasteiger partial charge in [-0.25, -0.2) is 16.8 Å². The van der Waals surface area contributed by atoms with Crippen LogP contribution in [0.15, 0.2) is 46.2 Å². The summed E-state index contributed by atoms with van der Waals surface area (Å²) in [6, 6.07) is 8.91. The Morgan fingerprint density at radius 3 is 2.23 bits per heavy atom. The second-order valence-corrected chi connectivity index (χ2v) is 12.2. The van der Waals surface area contributed by atoms with Gasteiger partial charge in [-0.15, -0.1) is 0 Å². The van der Waals surface area contributed by atoms with Crippen LogP contribution in [0.1, 0.15) is 49.0 Å². The Kier molecular flexibility index (Phi) is 8.58. The van der Waals surface area contributed by atoms with Crippen LogP contribution in [0.3, 0.4) is 0 Å². The van der Waals surface area contributed by atoms with E-state index in [2.05, 4.69) is 5.32 Å². The number of ether oxygens (including phenoxy) is 1. The van der Waals surface area contributed by atoms with Gasteiger partial charge in [0, 0.05) is 37.4 Å². The van der Waals surface area contributed by atoms with Crippen molar-refractivity contribution in [3.63, 3.8) is 0 Å². The van der Waals surface area contributed by atoms with Crippen molar-refractivity contribution in [2.75, 3.05) is 38.6 Å². The molecular weight excluding hydrogens is 490 g/mol. The highest BCUT2D eigenvalue weighted by Gasteiger charge is 2.30. The molecule has 0 saturated carbocycles. The lowest BCUT2D eigenvalue weighted by Crippen LogP contribution is -2.35. The van der Waals surface area contributed by atoms with Crippen molar-refractivity contribution in [1.29, 1.82) is 0 Å². The van der Waals surface area contributed by atoms with E-state index >= 15 is 0 Å². The van der Waals surface area contributed by atoms with E-state index in [0.29, 0.717) is 31.7 Å². The third-order valence-electron chi connectivity index (χ3n) is 6.13. The fourth-order valence-electron chi connectivity index (χ4n) is 4.13. The average Bonchev–Trinajstić information content (AvgIpc) is 2.85. The number of carbonyl (C=O) groups excluding carboxylic acids is 1. The number of benzene rings is 2. The largest absolute Gasteiger partial charge is 0.495 e. The summed E-state index contributed by atoms with van der Waals surface area (Å²) in [6.07, 6.45) is 2.58. The summed E-state index contributed by atoms with van der Waals surface area (Å²) in [5, 5.41) is 2.69. The summed E-state index contributed by atoms with van der Waals surface area (Å²) in [5.41, 5.74) is 0.950. The molecule has 192 valence electrons. The van der Waals surface area contributed by atoms with Gasteiger partial charge in [0.1, 0.15) is 10.6 Å². The molecule has 3 rings (SSSR count). The molecule has 0 atom stereocenters. The van der Waals surface area contributed by atoms with E-state index in [1.807, 2.05) is 0 Å². The van der Waals surface area contributed by atoms with Gasteiger partial charge in [0.15, 0.2) is 0 Å². The Morgan fingerprint density at radius 1 is 0.971 bits per heavy atom. The van der Waals surface area contributed by atoms with Crippen molar-refractivity contribution in [2.45, 2.75) is 49.8 Å². The van der Waals surface area contributed by atoms with E-state index in [0.717, 1.165) is 19.3 Å². The van der Waals surface area contributed by atoms with Crippen LogP contribution in [0.5, 0.6) is 5.75 Å². The second kappa shape index (κ2) is 11.1. The minimum Gasteiger partial charge on any atom is -0.495 e. The summed E-state index contributed by atoms with van der Waals surface area (Å²) in [7, 11) is -6.16. The van der Waals surface area contributed by atoms with Crippen LogP contribution < -0.4 is 10.1 Å². The van der Waals surface area contributed by atoms with Gasteiger partial charge in [-0.1, -0.05) is 26.3 Å². The Labute approximate surface area is 208 Å². The first-order valence-electron chi connectivity index (χ1n) is 11.7. The van der Waals surface area contributed by atoms with Crippen molar-refractivity contribution in [1.82, 2.24) is 8.61 Å². The van der Waals surface area contributed by atoms with Gasteiger partial charge in [0.25, 0.3) is 5.91 Å². The molecule has 0 bridgehead atoms. The normalized spacial score (nSPS) is 15.2. The standard InChI is InChI=1S/C24H33N3O6S2/c1-5-26(6-2)34(29,30)22-16-19(11-10-18(22)3)24(28)25-20-12-13-21(33-4)23(17-20)35(31,32)27-14-8-7-9-15-27/h10-13,16-17H,5-9,14-15H2,1-4H3,(H,25,28). The molecule has 0 aliphatic carbocycles. The number of nitrogens with zero attached hydrogens (tertiary/aromatic N) is 2. The number of sulfonamides is 2. The Morgan fingerprint density at radius 2 is 1.63 bits per heavy atom. The molecule has 1 aliphatic heterocycles. The van der Waals surface area contributed by atoms with Crippen molar-refractivity contribution in [3.8, 4) is 5.75 Å². The molecule has 1 fully saturated rings. The monoisotopic (exact) mass is 523 g/mol. The van der Waals surface area contributed by atoms with Crippen LogP contribution >= 0.6 is 0 Å². The van der Waals surface area contributed by atoms with E-state index in [1.54, 1.807) is 39.0 Å². The summed E-state index contributed by atoms with van der Waals surface area (Å²) in [6.45, 7) is 6.70. The van der Waals surface area contributed by atoms with Gasteiger partial charge in [-0.3, -0.25) is 4.79 Å². The zero-order valence-corrected chi connectivity index (χ0v) is 22.2. The van der Waals surface area contributed by atoms with Crippen LogP contribution in [0.25, 0.3) is 0 Å². The molecule has 9 nitrogen and oxygen atoms in total. The van der Waals surface area contributed by atoms with Crippen LogP contribution in [-0.4, -0.2) is 64.6 Å². The summed E-state index contributed by atoms with van der Waals surface area (Å²) >= 11 is 0. The molecule has 0 unspecified atom stereocenters. The molecule has 1 aliphatic rings. The zero-order chi connectivity index (χ0) is 25.8. The molecule has 2 aromatic carbocycles. The first-order chi connectivity index (χ1) is 16.6. The molecule has 0 radical (unpaired) electrons. The fourth-order valence-corrected chi connectivity index (χ4v) is 7.53. The highest BCUT2D eigenvalue weighted by molar-refractivity contribution is 7.89. The number of amides is 1. The van der Waals surface area contributed by atoms with Crippen molar-refractivity contribution >= 4 is 31.6 Å². The predicted octanol–water partition coefficient (Wildman–Crippen LogP) is 3.46. The third kappa shape index (κ3) is 5.69. The van der Waals surface area contributed by atoms with Crippen LogP contribution in [0.2, 0.25) is 0 Å². The third-order valence-corrected chi connectivity index (χ3v) is 10.2. The molecule has 1 heterocycles. The van der Waals surface area contributed by atoms with Crippen molar-refractivity contribution in [2.24, 2.45) is 0 Å². The van der Waals surface area contributed by atoms with E-state index < -0.39 is 26.0 Å². The molecule has 11 heteroatoms. The average molecular weight is 524 g/mol. The van der Waals surface area contributed by atoms with Crippen LogP contribution in [0.4, 0.5) is 5.69 Å². The number of aryl methyl sites for hydroxylation is 1. The highest BCUT2D eigenvalue weighted by atomic mass is 32.2. The molecule has 0 spiro atoms. The smallest absolute Gasteiger partial charge is 0.255 e. The summed E-state index contributed by atoms with van der Waals surface area (Å²) in [4.78, 5) is 13.1. The summed E-state index contributed by atoms with van der Waals surface area (Å²) < 4.78 is 60.6. The maximum absolute atomic E-state index is 13.3. The van der Waals surface area contributed by atoms with Crippen molar-refractivity contribution in [3.05, 3.63) is 47.5 Å². The first-order valence-corrected chi connectivity index (χ1v) is 14.5. The maximum atomic E-state index is 13.3. The van der Waals surface area contributed by atoms with E-state index in [1.165, 1.54) is 33.9 Å². The lowest BCUT2D eigenvalue weighted by Gasteiger charge is -2.26. The minimum absolute atomic E-state index is 0.0200. The first kappa shape index (κ1) is 27.1. The number of rotatable bonds is 9. The number of methoxy groups -OCH3 is 1. The lowest BCUT2D eigenvalue weighted by atomic mass is 10.1. The molecule has 35 heavy (non-hydrogen) atoms. The highest BCUT2D eigenvalue weighted by Crippen LogP contribution is 2.31. The molecule has 1 N–H and O–H groups in total.